The SMILES string of the molecule is CC(CN)CCC1(O)OC2C[C@H]3[C@@H]4CC=C5C[C@@H](O)CC[C@]5(C)[C@H]4CC[C@]3(C)[C@H]2[C@@H]1C. The molecule has 0 radical (unpaired) electrons. The molecular formula is C27H45NO3. The highest BCUT2D eigenvalue weighted by atomic mass is 16.6. The number of hydrogen-bond donors (Lipinski definition) is 3. The highest BCUT2D eigenvalue weighted by Gasteiger charge is 2.67. The van der Waals surface area contributed by atoms with Gasteiger partial charge in [-0.25, -0.2) is 0 Å². The highest BCUT2D eigenvalue weighted by Crippen LogP contribution is 2.70. The molecule has 0 bridgehead atoms. The molecular weight excluding hydrogens is 386 g/mol. The second kappa shape index (κ2) is 7.55. The summed E-state index contributed by atoms with van der Waals surface area (Å²) in [5.74, 6) is 2.27. The van der Waals surface area contributed by atoms with E-state index in [0.717, 1.165) is 43.9 Å². The Hall–Kier alpha value is -0.420. The number of nitrogens with two attached hydrogens (primary N) is 1. The third-order valence-electron chi connectivity index (χ3n) is 11.2. The van der Waals surface area contributed by atoms with Crippen molar-refractivity contribution in [2.75, 3.05) is 6.54 Å². The maximum atomic E-state index is 11.5. The fourth-order valence-corrected chi connectivity index (χ4v) is 9.19. The van der Waals surface area contributed by atoms with Gasteiger partial charge in [0.15, 0.2) is 5.79 Å². The number of allylic oxidation sites excluding steroid dienone is 1. The van der Waals surface area contributed by atoms with Crippen LogP contribution in [0.25, 0.3) is 0 Å². The summed E-state index contributed by atoms with van der Waals surface area (Å²) in [5, 5.41) is 21.7. The van der Waals surface area contributed by atoms with E-state index in [0.29, 0.717) is 30.7 Å². The fourth-order valence-electron chi connectivity index (χ4n) is 9.19. The summed E-state index contributed by atoms with van der Waals surface area (Å²) in [6.07, 6.45) is 12.0. The van der Waals surface area contributed by atoms with Crippen LogP contribution in [-0.2, 0) is 4.74 Å². The molecule has 176 valence electrons. The van der Waals surface area contributed by atoms with E-state index >= 15 is 0 Å². The summed E-state index contributed by atoms with van der Waals surface area (Å²) in [5.41, 5.74) is 7.92. The van der Waals surface area contributed by atoms with Crippen molar-refractivity contribution in [3.63, 3.8) is 0 Å². The molecule has 4 nitrogen and oxygen atoms in total. The number of hydrogen-bond acceptors (Lipinski definition) is 4. The zero-order valence-electron chi connectivity index (χ0n) is 20.1. The number of aliphatic hydroxyl groups is 2. The minimum absolute atomic E-state index is 0.135. The molecule has 3 unspecified atom stereocenters. The summed E-state index contributed by atoms with van der Waals surface area (Å²) < 4.78 is 6.53. The Morgan fingerprint density at radius 3 is 2.74 bits per heavy atom. The highest BCUT2D eigenvalue weighted by molar-refractivity contribution is 5.26. The third kappa shape index (κ3) is 3.22. The molecule has 1 aliphatic heterocycles. The summed E-state index contributed by atoms with van der Waals surface area (Å²) in [4.78, 5) is 0. The van der Waals surface area contributed by atoms with E-state index in [1.165, 1.54) is 19.3 Å². The van der Waals surface area contributed by atoms with Crippen molar-refractivity contribution in [2.45, 2.75) is 103 Å². The molecule has 0 aromatic carbocycles. The number of ether oxygens (including phenoxy) is 1. The Morgan fingerprint density at radius 2 is 2.00 bits per heavy atom. The number of rotatable bonds is 4. The van der Waals surface area contributed by atoms with Crippen molar-refractivity contribution in [1.82, 2.24) is 0 Å². The molecule has 0 amide bonds. The van der Waals surface area contributed by atoms with Gasteiger partial charge in [-0.3, -0.25) is 0 Å². The monoisotopic (exact) mass is 431 g/mol. The molecule has 5 aliphatic rings. The van der Waals surface area contributed by atoms with Crippen molar-refractivity contribution in [3.05, 3.63) is 11.6 Å². The Kier molecular flexibility index (Phi) is 5.45. The van der Waals surface area contributed by atoms with Gasteiger partial charge >= 0.3 is 0 Å². The molecule has 5 rings (SSSR count). The van der Waals surface area contributed by atoms with Crippen LogP contribution in [0.5, 0.6) is 0 Å². The van der Waals surface area contributed by atoms with Crippen LogP contribution >= 0.6 is 0 Å². The Labute approximate surface area is 189 Å². The standard InChI is InChI=1S/C27H45NO3/c1-16(15-28)7-12-27(30)17(2)24-23(31-27)14-22-20-6-5-18-13-19(29)8-10-25(18,3)21(20)9-11-26(22,24)4/h5,16-17,19-24,29-30H,6-15,28H2,1-4H3/t16?,17-,19-,20+,21-,22-,23?,24-,25-,26-,27?/m0/s1. The van der Waals surface area contributed by atoms with Gasteiger partial charge in [-0.15, -0.1) is 0 Å². The minimum atomic E-state index is -0.977. The van der Waals surface area contributed by atoms with Crippen LogP contribution in [0.15, 0.2) is 11.6 Å². The molecule has 11 atom stereocenters. The van der Waals surface area contributed by atoms with Gasteiger partial charge in [0.2, 0.25) is 0 Å². The third-order valence-corrected chi connectivity index (χ3v) is 11.2. The smallest absolute Gasteiger partial charge is 0.168 e. The van der Waals surface area contributed by atoms with Gasteiger partial charge in [0, 0.05) is 12.3 Å². The maximum Gasteiger partial charge on any atom is 0.168 e. The van der Waals surface area contributed by atoms with E-state index in [1.54, 1.807) is 5.57 Å². The quantitative estimate of drug-likeness (QED) is 0.567. The molecule has 1 saturated heterocycles. The first-order chi connectivity index (χ1) is 14.6. The average Bonchev–Trinajstić information content (AvgIpc) is 3.17. The molecule has 0 aromatic rings. The largest absolute Gasteiger partial charge is 0.393 e. The van der Waals surface area contributed by atoms with Crippen LogP contribution in [0.4, 0.5) is 0 Å². The van der Waals surface area contributed by atoms with Crippen molar-refractivity contribution in [3.8, 4) is 0 Å². The molecule has 4 heteroatoms. The topological polar surface area (TPSA) is 75.7 Å². The first-order valence-corrected chi connectivity index (χ1v) is 13.1. The first kappa shape index (κ1) is 22.4. The number of fused-ring (bicyclic) bond motifs is 7. The van der Waals surface area contributed by atoms with Crippen molar-refractivity contribution in [1.29, 1.82) is 0 Å². The van der Waals surface area contributed by atoms with Crippen LogP contribution < -0.4 is 5.73 Å². The first-order valence-electron chi connectivity index (χ1n) is 13.1. The van der Waals surface area contributed by atoms with Gasteiger partial charge in [-0.1, -0.05) is 39.3 Å². The molecule has 4 N–H and O–H groups in total. The van der Waals surface area contributed by atoms with Crippen molar-refractivity contribution >= 4 is 0 Å². The Balaban J connectivity index is 1.37. The summed E-state index contributed by atoms with van der Waals surface area (Å²) in [6, 6.07) is 0. The molecule has 4 aliphatic carbocycles. The lowest BCUT2D eigenvalue weighted by Crippen LogP contribution is -2.51. The van der Waals surface area contributed by atoms with Gasteiger partial charge in [0.1, 0.15) is 0 Å². The van der Waals surface area contributed by atoms with Gasteiger partial charge < -0.3 is 20.7 Å². The maximum absolute atomic E-state index is 11.5. The summed E-state index contributed by atoms with van der Waals surface area (Å²) in [6.45, 7) is 10.1. The predicted molar refractivity (Wildman–Crippen MR) is 123 cm³/mol. The Morgan fingerprint density at radius 1 is 1.23 bits per heavy atom. The molecule has 3 saturated carbocycles. The Bertz CT molecular complexity index is 738. The van der Waals surface area contributed by atoms with E-state index in [4.69, 9.17) is 10.5 Å². The van der Waals surface area contributed by atoms with Gasteiger partial charge in [0.25, 0.3) is 0 Å². The van der Waals surface area contributed by atoms with Crippen LogP contribution in [0.1, 0.15) is 85.5 Å². The second-order valence-electron chi connectivity index (χ2n) is 12.6. The number of aliphatic hydroxyl groups excluding tert-OH is 1. The van der Waals surface area contributed by atoms with Crippen LogP contribution in [-0.4, -0.2) is 34.8 Å². The minimum Gasteiger partial charge on any atom is -0.393 e. The van der Waals surface area contributed by atoms with Gasteiger partial charge in [-0.2, -0.15) is 0 Å². The van der Waals surface area contributed by atoms with Crippen LogP contribution in [0, 0.1) is 46.3 Å². The lowest BCUT2D eigenvalue weighted by Gasteiger charge is -2.58. The molecule has 1 heterocycles. The van der Waals surface area contributed by atoms with E-state index in [1.807, 2.05) is 0 Å². The fraction of sp³-hybridized carbons (Fsp3) is 0.926. The van der Waals surface area contributed by atoms with E-state index in [2.05, 4.69) is 33.8 Å². The lowest BCUT2D eigenvalue weighted by atomic mass is 9.47. The van der Waals surface area contributed by atoms with Crippen molar-refractivity contribution < 1.29 is 14.9 Å². The molecule has 31 heavy (non-hydrogen) atoms. The van der Waals surface area contributed by atoms with Gasteiger partial charge in [-0.05, 0) is 98.3 Å². The normalized spacial score (nSPS) is 54.4. The zero-order chi connectivity index (χ0) is 22.2. The lowest BCUT2D eigenvalue weighted by molar-refractivity contribution is -0.220. The predicted octanol–water partition coefficient (Wildman–Crippen LogP) is 4.63. The van der Waals surface area contributed by atoms with Crippen LogP contribution in [0.2, 0.25) is 0 Å². The van der Waals surface area contributed by atoms with E-state index in [-0.39, 0.29) is 29.0 Å². The van der Waals surface area contributed by atoms with Crippen molar-refractivity contribution in [2.24, 2.45) is 52.1 Å². The molecule has 4 fully saturated rings. The summed E-state index contributed by atoms with van der Waals surface area (Å²) >= 11 is 0. The average molecular weight is 432 g/mol. The van der Waals surface area contributed by atoms with E-state index < -0.39 is 5.79 Å². The molecule has 0 aromatic heterocycles. The van der Waals surface area contributed by atoms with Crippen LogP contribution in [0.3, 0.4) is 0 Å². The second-order valence-corrected chi connectivity index (χ2v) is 12.6. The summed E-state index contributed by atoms with van der Waals surface area (Å²) in [7, 11) is 0. The van der Waals surface area contributed by atoms with Gasteiger partial charge in [0.05, 0.1) is 12.2 Å². The van der Waals surface area contributed by atoms with E-state index in [9.17, 15) is 10.2 Å². The zero-order valence-corrected chi connectivity index (χ0v) is 20.1. The molecule has 0 spiro atoms.